The van der Waals surface area contributed by atoms with Gasteiger partial charge in [-0.1, -0.05) is 27.3 Å². The van der Waals surface area contributed by atoms with Crippen molar-refractivity contribution in [1.82, 2.24) is 15.5 Å². The van der Waals surface area contributed by atoms with E-state index in [1.165, 1.54) is 5.56 Å². The largest absolute Gasteiger partial charge is 0.306 e. The van der Waals surface area contributed by atoms with Crippen molar-refractivity contribution in [2.24, 2.45) is 0 Å². The summed E-state index contributed by atoms with van der Waals surface area (Å²) in [6.45, 7) is 9.28. The lowest BCUT2D eigenvalue weighted by Crippen LogP contribution is -2.35. The summed E-state index contributed by atoms with van der Waals surface area (Å²) in [4.78, 5) is 0. The molecule has 0 aliphatic heterocycles. The molecule has 1 heterocycles. The number of hydrogen-bond donors (Lipinski definition) is 1. The van der Waals surface area contributed by atoms with Gasteiger partial charge in [-0.2, -0.15) is 0 Å². The maximum absolute atomic E-state index is 4.28. The Bertz CT molecular complexity index is 552. The molecular formula is C14H18BrN3S. The highest BCUT2D eigenvalue weighted by Gasteiger charge is 2.12. The van der Waals surface area contributed by atoms with Crippen LogP contribution in [0.4, 0.5) is 0 Å². The molecule has 0 bridgehead atoms. The fraction of sp³-hybridized carbons (Fsp3) is 0.429. The first-order chi connectivity index (χ1) is 8.83. The van der Waals surface area contributed by atoms with Gasteiger partial charge in [-0.25, -0.2) is 0 Å². The van der Waals surface area contributed by atoms with Crippen LogP contribution in [0.2, 0.25) is 0 Å². The van der Waals surface area contributed by atoms with E-state index in [-0.39, 0.29) is 5.54 Å². The summed E-state index contributed by atoms with van der Waals surface area (Å²) in [6.07, 6.45) is 0. The molecule has 0 atom stereocenters. The van der Waals surface area contributed by atoms with Gasteiger partial charge in [-0.05, 0) is 51.5 Å². The number of nitrogens with zero attached hydrogens (tertiary/aromatic N) is 2. The van der Waals surface area contributed by atoms with E-state index in [9.17, 15) is 0 Å². The van der Waals surface area contributed by atoms with Crippen molar-refractivity contribution in [3.8, 4) is 10.6 Å². The highest BCUT2D eigenvalue weighted by Crippen LogP contribution is 2.27. The lowest BCUT2D eigenvalue weighted by molar-refractivity contribution is 0.423. The average Bonchev–Trinajstić information content (AvgIpc) is 2.72. The molecule has 0 saturated carbocycles. The molecule has 1 aromatic heterocycles. The van der Waals surface area contributed by atoms with E-state index in [4.69, 9.17) is 0 Å². The van der Waals surface area contributed by atoms with E-state index in [0.717, 1.165) is 26.6 Å². The van der Waals surface area contributed by atoms with Crippen molar-refractivity contribution in [3.05, 3.63) is 33.2 Å². The normalized spacial score (nSPS) is 11.8. The summed E-state index contributed by atoms with van der Waals surface area (Å²) in [5.41, 5.74) is 2.43. The Morgan fingerprint density at radius 3 is 2.58 bits per heavy atom. The van der Waals surface area contributed by atoms with E-state index in [1.807, 2.05) is 0 Å². The van der Waals surface area contributed by atoms with Crippen molar-refractivity contribution in [2.75, 3.05) is 0 Å². The molecule has 0 fully saturated rings. The Kier molecular flexibility index (Phi) is 4.38. The van der Waals surface area contributed by atoms with Crippen LogP contribution in [0.15, 0.2) is 22.7 Å². The van der Waals surface area contributed by atoms with Gasteiger partial charge in [0.1, 0.15) is 10.0 Å². The fourth-order valence-electron chi connectivity index (χ4n) is 1.64. The predicted octanol–water partition coefficient (Wildman–Crippen LogP) is 4.16. The molecule has 0 aliphatic carbocycles. The van der Waals surface area contributed by atoms with Crippen molar-refractivity contribution >= 4 is 27.3 Å². The second kappa shape index (κ2) is 5.69. The second-order valence-electron chi connectivity index (χ2n) is 5.62. The van der Waals surface area contributed by atoms with E-state index in [0.29, 0.717) is 0 Å². The summed E-state index contributed by atoms with van der Waals surface area (Å²) in [7, 11) is 0. The van der Waals surface area contributed by atoms with Crippen LogP contribution in [-0.2, 0) is 6.54 Å². The van der Waals surface area contributed by atoms with E-state index < -0.39 is 0 Å². The number of rotatable bonds is 3. The molecule has 1 N–H and O–H groups in total. The van der Waals surface area contributed by atoms with Gasteiger partial charge in [0.25, 0.3) is 0 Å². The third kappa shape index (κ3) is 4.37. The van der Waals surface area contributed by atoms with E-state index >= 15 is 0 Å². The summed E-state index contributed by atoms with van der Waals surface area (Å²) >= 11 is 5.16. The lowest BCUT2D eigenvalue weighted by atomic mass is 10.1. The smallest absolute Gasteiger partial charge is 0.147 e. The van der Waals surface area contributed by atoms with Crippen molar-refractivity contribution in [3.63, 3.8) is 0 Å². The van der Waals surface area contributed by atoms with Gasteiger partial charge in [0.05, 0.1) is 6.54 Å². The van der Waals surface area contributed by atoms with Gasteiger partial charge < -0.3 is 5.32 Å². The molecule has 0 spiro atoms. The first kappa shape index (κ1) is 14.6. The van der Waals surface area contributed by atoms with Crippen molar-refractivity contribution in [1.29, 1.82) is 0 Å². The molecular weight excluding hydrogens is 322 g/mol. The summed E-state index contributed by atoms with van der Waals surface area (Å²) < 4.78 is 1.08. The minimum atomic E-state index is 0.0954. The van der Waals surface area contributed by atoms with Crippen molar-refractivity contribution < 1.29 is 0 Å². The van der Waals surface area contributed by atoms with Gasteiger partial charge >= 0.3 is 0 Å². The monoisotopic (exact) mass is 339 g/mol. The topological polar surface area (TPSA) is 37.8 Å². The van der Waals surface area contributed by atoms with Crippen LogP contribution in [0.1, 0.15) is 31.3 Å². The zero-order valence-corrected chi connectivity index (χ0v) is 14.0. The minimum absolute atomic E-state index is 0.0954. The Hall–Kier alpha value is -0.780. The van der Waals surface area contributed by atoms with Crippen molar-refractivity contribution in [2.45, 2.75) is 39.8 Å². The Morgan fingerprint density at radius 1 is 1.21 bits per heavy atom. The Balaban J connectivity index is 2.16. The first-order valence-corrected chi connectivity index (χ1v) is 7.79. The SMILES string of the molecule is Cc1cc(Br)cc(-c2nnc(CNC(C)(C)C)s2)c1. The molecule has 2 aromatic rings. The number of hydrogen-bond acceptors (Lipinski definition) is 4. The van der Waals surface area contributed by atoms with Gasteiger partial charge in [-0.3, -0.25) is 0 Å². The minimum Gasteiger partial charge on any atom is -0.306 e. The van der Waals surface area contributed by atoms with Gasteiger partial charge in [0.15, 0.2) is 0 Å². The zero-order valence-electron chi connectivity index (χ0n) is 11.6. The molecule has 0 unspecified atom stereocenters. The van der Waals surface area contributed by atoms with Crippen LogP contribution in [0, 0.1) is 6.92 Å². The highest BCUT2D eigenvalue weighted by molar-refractivity contribution is 9.10. The molecule has 0 aliphatic rings. The van der Waals surface area contributed by atoms with Gasteiger partial charge in [-0.15, -0.1) is 10.2 Å². The molecule has 5 heteroatoms. The maximum Gasteiger partial charge on any atom is 0.147 e. The van der Waals surface area contributed by atoms with E-state index in [2.05, 4.69) is 77.3 Å². The molecule has 102 valence electrons. The van der Waals surface area contributed by atoms with Crippen LogP contribution < -0.4 is 5.32 Å². The van der Waals surface area contributed by atoms with Crippen LogP contribution in [0.3, 0.4) is 0 Å². The zero-order chi connectivity index (χ0) is 14.0. The fourth-order valence-corrected chi connectivity index (χ4v) is 3.02. The number of halogens is 1. The Morgan fingerprint density at radius 2 is 1.95 bits per heavy atom. The number of aromatic nitrogens is 2. The molecule has 2 rings (SSSR count). The average molecular weight is 340 g/mol. The summed E-state index contributed by atoms with van der Waals surface area (Å²) in [6, 6.07) is 6.30. The van der Waals surface area contributed by atoms with Crippen LogP contribution in [0.25, 0.3) is 10.6 Å². The summed E-state index contributed by atoms with van der Waals surface area (Å²) in [5, 5.41) is 13.9. The standard InChI is InChI=1S/C14H18BrN3S/c1-9-5-10(7-11(15)6-9)13-18-17-12(19-13)8-16-14(2,3)4/h5-7,16H,8H2,1-4H3. The van der Waals surface area contributed by atoms with Crippen LogP contribution in [-0.4, -0.2) is 15.7 Å². The quantitative estimate of drug-likeness (QED) is 0.912. The Labute approximate surface area is 126 Å². The first-order valence-electron chi connectivity index (χ1n) is 6.18. The van der Waals surface area contributed by atoms with Gasteiger partial charge in [0.2, 0.25) is 0 Å². The number of benzene rings is 1. The van der Waals surface area contributed by atoms with Gasteiger partial charge in [0, 0.05) is 15.6 Å². The predicted molar refractivity (Wildman–Crippen MR) is 84.4 cm³/mol. The molecule has 3 nitrogen and oxygen atoms in total. The number of aryl methyl sites for hydroxylation is 1. The van der Waals surface area contributed by atoms with Crippen LogP contribution in [0.5, 0.6) is 0 Å². The third-order valence-electron chi connectivity index (χ3n) is 2.53. The molecule has 1 aromatic carbocycles. The molecule has 0 saturated heterocycles. The second-order valence-corrected chi connectivity index (χ2v) is 7.60. The maximum atomic E-state index is 4.28. The lowest BCUT2D eigenvalue weighted by Gasteiger charge is -2.19. The highest BCUT2D eigenvalue weighted by atomic mass is 79.9. The van der Waals surface area contributed by atoms with Crippen LogP contribution >= 0.6 is 27.3 Å². The summed E-state index contributed by atoms with van der Waals surface area (Å²) in [5.74, 6) is 0. The molecule has 0 amide bonds. The third-order valence-corrected chi connectivity index (χ3v) is 3.96. The van der Waals surface area contributed by atoms with E-state index in [1.54, 1.807) is 11.3 Å². The molecule has 19 heavy (non-hydrogen) atoms. The number of nitrogens with one attached hydrogen (secondary N) is 1. The molecule has 0 radical (unpaired) electrons.